The summed E-state index contributed by atoms with van der Waals surface area (Å²) >= 11 is 0. The van der Waals surface area contributed by atoms with Crippen LogP contribution >= 0.6 is 0 Å². The molecule has 1 aromatic rings. The number of hydrogen-bond donors (Lipinski definition) is 1. The number of nitrogens with one attached hydrogen (secondary N) is 1. The monoisotopic (exact) mass is 204 g/mol. The zero-order valence-electron chi connectivity index (χ0n) is 9.66. The molecule has 1 aliphatic rings. The van der Waals surface area contributed by atoms with Crippen molar-refractivity contribution in [3.63, 3.8) is 0 Å². The number of fused-ring (bicyclic) bond motifs is 1. The van der Waals surface area contributed by atoms with E-state index in [0.717, 1.165) is 0 Å². The molecule has 2 rings (SSSR count). The van der Waals surface area contributed by atoms with E-state index in [0.29, 0.717) is 6.04 Å². The van der Waals surface area contributed by atoms with Gasteiger partial charge in [-0.2, -0.15) is 0 Å². The highest BCUT2D eigenvalue weighted by Gasteiger charge is 2.22. The van der Waals surface area contributed by atoms with Gasteiger partial charge in [-0.05, 0) is 31.5 Å². The standard InChI is InChI=1S/C13H20N2/c1-3-9-15-10-8-12(14-2)11-6-4-5-7-13(11)15/h4-7,12,14H,3,8-10H2,1-2H3. The molecular weight excluding hydrogens is 184 g/mol. The molecule has 1 heterocycles. The minimum Gasteiger partial charge on any atom is -0.371 e. The summed E-state index contributed by atoms with van der Waals surface area (Å²) in [5.74, 6) is 0. The Balaban J connectivity index is 2.30. The van der Waals surface area contributed by atoms with Crippen LogP contribution < -0.4 is 10.2 Å². The molecule has 1 atom stereocenters. The lowest BCUT2D eigenvalue weighted by molar-refractivity contribution is 0.516. The molecule has 0 amide bonds. The fourth-order valence-electron chi connectivity index (χ4n) is 2.43. The van der Waals surface area contributed by atoms with Gasteiger partial charge in [-0.3, -0.25) is 0 Å². The van der Waals surface area contributed by atoms with Crippen LogP contribution in [0.2, 0.25) is 0 Å². The minimum absolute atomic E-state index is 0.536. The fraction of sp³-hybridized carbons (Fsp3) is 0.538. The summed E-state index contributed by atoms with van der Waals surface area (Å²) < 4.78 is 0. The van der Waals surface area contributed by atoms with Crippen molar-refractivity contribution in [1.82, 2.24) is 5.32 Å². The first-order chi connectivity index (χ1) is 7.36. The third kappa shape index (κ3) is 2.00. The van der Waals surface area contributed by atoms with E-state index in [4.69, 9.17) is 0 Å². The molecule has 1 N–H and O–H groups in total. The minimum atomic E-state index is 0.536. The van der Waals surface area contributed by atoms with E-state index in [-0.39, 0.29) is 0 Å². The molecule has 0 bridgehead atoms. The van der Waals surface area contributed by atoms with Crippen molar-refractivity contribution in [1.29, 1.82) is 0 Å². The maximum absolute atomic E-state index is 3.40. The van der Waals surface area contributed by atoms with Crippen molar-refractivity contribution in [2.24, 2.45) is 0 Å². The second-order valence-electron chi connectivity index (χ2n) is 4.18. The Bertz CT molecular complexity index is 322. The van der Waals surface area contributed by atoms with Gasteiger partial charge in [-0.25, -0.2) is 0 Å². The van der Waals surface area contributed by atoms with E-state index < -0.39 is 0 Å². The molecular formula is C13H20N2. The molecule has 2 heteroatoms. The highest BCUT2D eigenvalue weighted by Crippen LogP contribution is 2.33. The van der Waals surface area contributed by atoms with Crippen LogP contribution in [0.15, 0.2) is 24.3 Å². The van der Waals surface area contributed by atoms with Gasteiger partial charge in [-0.15, -0.1) is 0 Å². The van der Waals surface area contributed by atoms with E-state index in [9.17, 15) is 0 Å². The summed E-state index contributed by atoms with van der Waals surface area (Å²) in [6.45, 7) is 4.59. The van der Waals surface area contributed by atoms with Gasteiger partial charge in [0.05, 0.1) is 0 Å². The number of benzene rings is 1. The molecule has 0 spiro atoms. The van der Waals surface area contributed by atoms with Crippen LogP contribution in [0.5, 0.6) is 0 Å². The van der Waals surface area contributed by atoms with Crippen molar-refractivity contribution in [2.75, 3.05) is 25.0 Å². The Morgan fingerprint density at radius 3 is 2.93 bits per heavy atom. The summed E-state index contributed by atoms with van der Waals surface area (Å²) in [6.07, 6.45) is 2.44. The largest absolute Gasteiger partial charge is 0.371 e. The molecule has 1 aromatic carbocycles. The van der Waals surface area contributed by atoms with Gasteiger partial charge in [0.25, 0.3) is 0 Å². The lowest BCUT2D eigenvalue weighted by Gasteiger charge is -2.35. The van der Waals surface area contributed by atoms with Crippen LogP contribution in [-0.4, -0.2) is 20.1 Å². The van der Waals surface area contributed by atoms with E-state index in [1.54, 1.807) is 0 Å². The van der Waals surface area contributed by atoms with Gasteiger partial charge in [-0.1, -0.05) is 25.1 Å². The molecule has 0 aliphatic carbocycles. The molecule has 0 radical (unpaired) electrons. The van der Waals surface area contributed by atoms with E-state index in [2.05, 4.69) is 48.5 Å². The number of para-hydroxylation sites is 1. The first-order valence-corrected chi connectivity index (χ1v) is 5.88. The zero-order chi connectivity index (χ0) is 10.7. The number of anilines is 1. The Kier molecular flexibility index (Phi) is 3.27. The molecule has 82 valence electrons. The highest BCUT2D eigenvalue weighted by molar-refractivity contribution is 5.56. The molecule has 1 unspecified atom stereocenters. The van der Waals surface area contributed by atoms with Crippen LogP contribution in [0, 0.1) is 0 Å². The van der Waals surface area contributed by atoms with Crippen molar-refractivity contribution in [2.45, 2.75) is 25.8 Å². The van der Waals surface area contributed by atoms with Crippen LogP contribution in [0.4, 0.5) is 5.69 Å². The molecule has 0 saturated heterocycles. The maximum Gasteiger partial charge on any atom is 0.0414 e. The third-order valence-corrected chi connectivity index (χ3v) is 3.18. The highest BCUT2D eigenvalue weighted by atomic mass is 15.1. The Morgan fingerprint density at radius 2 is 2.20 bits per heavy atom. The third-order valence-electron chi connectivity index (χ3n) is 3.18. The zero-order valence-corrected chi connectivity index (χ0v) is 9.66. The molecule has 15 heavy (non-hydrogen) atoms. The summed E-state index contributed by atoms with van der Waals surface area (Å²) in [5, 5.41) is 3.40. The fourth-order valence-corrected chi connectivity index (χ4v) is 2.43. The van der Waals surface area contributed by atoms with Gasteiger partial charge in [0.2, 0.25) is 0 Å². The van der Waals surface area contributed by atoms with Crippen molar-refractivity contribution < 1.29 is 0 Å². The maximum atomic E-state index is 3.40. The smallest absolute Gasteiger partial charge is 0.0414 e. The Morgan fingerprint density at radius 1 is 1.40 bits per heavy atom. The average molecular weight is 204 g/mol. The number of hydrogen-bond acceptors (Lipinski definition) is 2. The second kappa shape index (κ2) is 4.67. The van der Waals surface area contributed by atoms with Gasteiger partial charge in [0, 0.05) is 24.8 Å². The van der Waals surface area contributed by atoms with Gasteiger partial charge in [0.15, 0.2) is 0 Å². The molecule has 2 nitrogen and oxygen atoms in total. The summed E-state index contributed by atoms with van der Waals surface area (Å²) in [5.41, 5.74) is 2.88. The summed E-state index contributed by atoms with van der Waals surface area (Å²) in [7, 11) is 2.05. The van der Waals surface area contributed by atoms with E-state index >= 15 is 0 Å². The lowest BCUT2D eigenvalue weighted by atomic mass is 9.96. The van der Waals surface area contributed by atoms with Crippen molar-refractivity contribution in [3.8, 4) is 0 Å². The molecule has 0 saturated carbocycles. The van der Waals surface area contributed by atoms with Gasteiger partial charge in [0.1, 0.15) is 0 Å². The van der Waals surface area contributed by atoms with Crippen molar-refractivity contribution in [3.05, 3.63) is 29.8 Å². The second-order valence-corrected chi connectivity index (χ2v) is 4.18. The summed E-state index contributed by atoms with van der Waals surface area (Å²) in [6, 6.07) is 9.31. The summed E-state index contributed by atoms with van der Waals surface area (Å²) in [4.78, 5) is 2.50. The number of rotatable bonds is 3. The van der Waals surface area contributed by atoms with Gasteiger partial charge < -0.3 is 10.2 Å². The predicted octanol–water partition coefficient (Wildman–Crippen LogP) is 2.57. The first kappa shape index (κ1) is 10.5. The van der Waals surface area contributed by atoms with E-state index in [1.807, 2.05) is 0 Å². The molecule has 0 fully saturated rings. The SMILES string of the molecule is CCCN1CCC(NC)c2ccccc21. The molecule has 1 aliphatic heterocycles. The Labute approximate surface area is 92.3 Å². The van der Waals surface area contributed by atoms with Crippen LogP contribution in [0.1, 0.15) is 31.4 Å². The van der Waals surface area contributed by atoms with Crippen LogP contribution in [-0.2, 0) is 0 Å². The van der Waals surface area contributed by atoms with Crippen LogP contribution in [0.25, 0.3) is 0 Å². The number of nitrogens with zero attached hydrogens (tertiary/aromatic N) is 1. The first-order valence-electron chi connectivity index (χ1n) is 5.88. The van der Waals surface area contributed by atoms with Crippen LogP contribution in [0.3, 0.4) is 0 Å². The quantitative estimate of drug-likeness (QED) is 0.814. The van der Waals surface area contributed by atoms with Gasteiger partial charge >= 0.3 is 0 Å². The molecule has 0 aromatic heterocycles. The predicted molar refractivity (Wildman–Crippen MR) is 65.4 cm³/mol. The average Bonchev–Trinajstić information content (AvgIpc) is 2.30. The normalized spacial score (nSPS) is 20.1. The lowest BCUT2D eigenvalue weighted by Crippen LogP contribution is -2.35. The van der Waals surface area contributed by atoms with Crippen molar-refractivity contribution >= 4 is 5.69 Å². The van der Waals surface area contributed by atoms with E-state index in [1.165, 1.54) is 37.2 Å². The topological polar surface area (TPSA) is 15.3 Å². The Hall–Kier alpha value is -1.02.